The van der Waals surface area contributed by atoms with Crippen molar-refractivity contribution in [3.8, 4) is 5.75 Å². The second-order valence-corrected chi connectivity index (χ2v) is 5.89. The van der Waals surface area contributed by atoms with Gasteiger partial charge in [0, 0.05) is 25.1 Å². The van der Waals surface area contributed by atoms with Gasteiger partial charge in [0.15, 0.2) is 0 Å². The van der Waals surface area contributed by atoms with Gasteiger partial charge in [-0.25, -0.2) is 0 Å². The van der Waals surface area contributed by atoms with E-state index < -0.39 is 5.91 Å². The van der Waals surface area contributed by atoms with E-state index in [9.17, 15) is 9.59 Å². The second kappa shape index (κ2) is 8.87. The third-order valence-corrected chi connectivity index (χ3v) is 4.01. The Kier molecular flexibility index (Phi) is 6.57. The fourth-order valence-electron chi connectivity index (χ4n) is 2.72. The number of amides is 2. The van der Waals surface area contributed by atoms with Crippen molar-refractivity contribution in [3.05, 3.63) is 65.7 Å². The van der Waals surface area contributed by atoms with Gasteiger partial charge in [-0.1, -0.05) is 36.4 Å². The highest BCUT2D eigenvalue weighted by molar-refractivity contribution is 5.95. The molecule has 0 saturated carbocycles. The maximum atomic E-state index is 12.8. The Balaban J connectivity index is 2.19. The van der Waals surface area contributed by atoms with E-state index in [0.717, 1.165) is 5.56 Å². The van der Waals surface area contributed by atoms with Gasteiger partial charge in [0.2, 0.25) is 5.91 Å². The zero-order valence-electron chi connectivity index (χ0n) is 14.6. The van der Waals surface area contributed by atoms with Gasteiger partial charge in [0.1, 0.15) is 5.75 Å². The quantitative estimate of drug-likeness (QED) is 0.803. The van der Waals surface area contributed by atoms with Crippen LogP contribution in [0.2, 0.25) is 0 Å². The predicted molar refractivity (Wildman–Crippen MR) is 97.4 cm³/mol. The normalized spacial score (nSPS) is 11.6. The lowest BCUT2D eigenvalue weighted by Crippen LogP contribution is -2.41. The Hall–Kier alpha value is -2.82. The molecule has 0 radical (unpaired) electrons. The van der Waals surface area contributed by atoms with E-state index in [1.165, 1.54) is 0 Å². The van der Waals surface area contributed by atoms with Crippen molar-refractivity contribution in [2.24, 2.45) is 5.73 Å². The summed E-state index contributed by atoms with van der Waals surface area (Å²) in [4.78, 5) is 25.9. The molecule has 2 aromatic carbocycles. The first kappa shape index (κ1) is 18.5. The number of carbonyl (C=O) groups excluding carboxylic acids is 2. The molecule has 0 aliphatic carbocycles. The van der Waals surface area contributed by atoms with Crippen molar-refractivity contribution in [2.75, 3.05) is 13.7 Å². The van der Waals surface area contributed by atoms with Crippen molar-refractivity contribution < 1.29 is 14.3 Å². The molecule has 0 saturated heterocycles. The minimum absolute atomic E-state index is 0.113. The van der Waals surface area contributed by atoms with Crippen molar-refractivity contribution in [1.82, 2.24) is 4.90 Å². The molecule has 25 heavy (non-hydrogen) atoms. The molecule has 5 nitrogen and oxygen atoms in total. The van der Waals surface area contributed by atoms with Crippen LogP contribution in [0.25, 0.3) is 0 Å². The summed E-state index contributed by atoms with van der Waals surface area (Å²) in [7, 11) is 1.70. The van der Waals surface area contributed by atoms with Crippen molar-refractivity contribution in [2.45, 2.75) is 25.8 Å². The fraction of sp³-hybridized carbons (Fsp3) is 0.300. The summed E-state index contributed by atoms with van der Waals surface area (Å²) in [6, 6.07) is 16.5. The minimum atomic E-state index is -0.427. The number of nitrogens with two attached hydrogens (primary N) is 1. The van der Waals surface area contributed by atoms with E-state index in [0.29, 0.717) is 24.3 Å². The number of nitrogens with zero attached hydrogens (tertiary/aromatic N) is 1. The molecule has 2 aromatic rings. The van der Waals surface area contributed by atoms with Crippen LogP contribution in [0.3, 0.4) is 0 Å². The molecule has 0 bridgehead atoms. The van der Waals surface area contributed by atoms with Crippen LogP contribution in [0.1, 0.15) is 29.3 Å². The van der Waals surface area contributed by atoms with Crippen LogP contribution in [-0.4, -0.2) is 36.4 Å². The highest BCUT2D eigenvalue weighted by atomic mass is 16.5. The summed E-state index contributed by atoms with van der Waals surface area (Å²) in [6.45, 7) is 2.43. The van der Waals surface area contributed by atoms with E-state index in [1.807, 2.05) is 43.3 Å². The smallest absolute Gasteiger partial charge is 0.254 e. The van der Waals surface area contributed by atoms with Crippen LogP contribution in [0, 0.1) is 0 Å². The number of hydrogen-bond donors (Lipinski definition) is 1. The second-order valence-electron chi connectivity index (χ2n) is 5.89. The zero-order valence-corrected chi connectivity index (χ0v) is 14.6. The van der Waals surface area contributed by atoms with Crippen LogP contribution in [0.5, 0.6) is 5.75 Å². The lowest BCUT2D eigenvalue weighted by Gasteiger charge is -2.28. The number of ether oxygens (including phenoxy) is 1. The fourth-order valence-corrected chi connectivity index (χ4v) is 2.72. The Morgan fingerprint density at radius 1 is 1.12 bits per heavy atom. The van der Waals surface area contributed by atoms with Crippen LogP contribution in [0.15, 0.2) is 54.6 Å². The largest absolute Gasteiger partial charge is 0.494 e. The van der Waals surface area contributed by atoms with E-state index in [-0.39, 0.29) is 18.4 Å². The lowest BCUT2D eigenvalue weighted by molar-refractivity contribution is -0.118. The number of benzene rings is 2. The minimum Gasteiger partial charge on any atom is -0.494 e. The van der Waals surface area contributed by atoms with E-state index in [2.05, 4.69) is 0 Å². The van der Waals surface area contributed by atoms with Gasteiger partial charge in [-0.15, -0.1) is 0 Å². The molecule has 2 N–H and O–H groups in total. The standard InChI is InChI=1S/C20H24N2O3/c1-3-25-18-11-7-10-16(13-18)20(24)22(2)17(14-19(21)23)12-15-8-5-4-6-9-15/h4-11,13,17H,3,12,14H2,1-2H3,(H2,21,23). The lowest BCUT2D eigenvalue weighted by atomic mass is 10.0. The van der Waals surface area contributed by atoms with Gasteiger partial charge in [-0.05, 0) is 37.1 Å². The maximum absolute atomic E-state index is 12.8. The molecule has 0 heterocycles. The first-order chi connectivity index (χ1) is 12.0. The molecule has 0 fully saturated rings. The van der Waals surface area contributed by atoms with Crippen molar-refractivity contribution >= 4 is 11.8 Å². The number of primary amides is 1. The topological polar surface area (TPSA) is 72.6 Å². The van der Waals surface area contributed by atoms with Gasteiger partial charge in [0.25, 0.3) is 5.91 Å². The summed E-state index contributed by atoms with van der Waals surface area (Å²) in [5, 5.41) is 0. The molecular weight excluding hydrogens is 316 g/mol. The first-order valence-corrected chi connectivity index (χ1v) is 8.33. The van der Waals surface area contributed by atoms with Crippen LogP contribution in [0.4, 0.5) is 0 Å². The van der Waals surface area contributed by atoms with Crippen LogP contribution >= 0.6 is 0 Å². The summed E-state index contributed by atoms with van der Waals surface area (Å²) >= 11 is 0. The van der Waals surface area contributed by atoms with Gasteiger partial charge >= 0.3 is 0 Å². The molecule has 0 spiro atoms. The zero-order chi connectivity index (χ0) is 18.2. The Morgan fingerprint density at radius 3 is 2.48 bits per heavy atom. The maximum Gasteiger partial charge on any atom is 0.254 e. The molecule has 0 aromatic heterocycles. The highest BCUT2D eigenvalue weighted by Crippen LogP contribution is 2.18. The molecule has 0 aliphatic rings. The van der Waals surface area contributed by atoms with Gasteiger partial charge in [0.05, 0.1) is 6.61 Å². The third kappa shape index (κ3) is 5.35. The summed E-state index contributed by atoms with van der Waals surface area (Å²) in [5.41, 5.74) is 6.97. The van der Waals surface area contributed by atoms with Crippen molar-refractivity contribution in [3.63, 3.8) is 0 Å². The molecule has 2 rings (SSSR count). The van der Waals surface area contributed by atoms with Gasteiger partial charge in [-0.2, -0.15) is 0 Å². The molecule has 1 atom stereocenters. The van der Waals surface area contributed by atoms with E-state index >= 15 is 0 Å². The summed E-state index contributed by atoms with van der Waals surface area (Å²) in [6.07, 6.45) is 0.680. The third-order valence-electron chi connectivity index (χ3n) is 4.01. The molecule has 5 heteroatoms. The van der Waals surface area contributed by atoms with Crippen LogP contribution in [-0.2, 0) is 11.2 Å². The number of hydrogen-bond acceptors (Lipinski definition) is 3. The Labute approximate surface area is 148 Å². The summed E-state index contributed by atoms with van der Waals surface area (Å²) in [5.74, 6) is 0.0589. The molecular formula is C20H24N2O3. The van der Waals surface area contributed by atoms with E-state index in [1.54, 1.807) is 30.1 Å². The Morgan fingerprint density at radius 2 is 1.84 bits per heavy atom. The van der Waals surface area contributed by atoms with Crippen molar-refractivity contribution in [1.29, 1.82) is 0 Å². The molecule has 1 unspecified atom stereocenters. The van der Waals surface area contributed by atoms with Crippen LogP contribution < -0.4 is 10.5 Å². The SMILES string of the molecule is CCOc1cccc(C(=O)N(C)C(CC(N)=O)Cc2ccccc2)c1. The van der Waals surface area contributed by atoms with Gasteiger partial charge < -0.3 is 15.4 Å². The number of rotatable bonds is 8. The predicted octanol–water partition coefficient (Wildman–Crippen LogP) is 2.64. The number of likely N-dealkylation sites (N-methyl/N-ethyl adjacent to an activating group) is 1. The molecule has 2 amide bonds. The average molecular weight is 340 g/mol. The molecule has 0 aliphatic heterocycles. The summed E-state index contributed by atoms with van der Waals surface area (Å²) < 4.78 is 5.45. The average Bonchev–Trinajstić information content (AvgIpc) is 2.61. The molecule has 132 valence electrons. The van der Waals surface area contributed by atoms with E-state index in [4.69, 9.17) is 10.5 Å². The monoisotopic (exact) mass is 340 g/mol. The first-order valence-electron chi connectivity index (χ1n) is 8.33. The van der Waals surface area contributed by atoms with Gasteiger partial charge in [-0.3, -0.25) is 9.59 Å². The number of carbonyl (C=O) groups is 2. The Bertz CT molecular complexity index is 716. The highest BCUT2D eigenvalue weighted by Gasteiger charge is 2.23.